The second-order valence-electron chi connectivity index (χ2n) is 3.20. The van der Waals surface area contributed by atoms with Crippen LogP contribution in [-0.2, 0) is 6.42 Å². The van der Waals surface area contributed by atoms with Crippen LogP contribution < -0.4 is 0 Å². The van der Waals surface area contributed by atoms with Crippen LogP contribution in [0.5, 0.6) is 0 Å². The minimum Gasteiger partial charge on any atom is -0.263 e. The highest BCUT2D eigenvalue weighted by atomic mass is 15.2. The van der Waals surface area contributed by atoms with Crippen molar-refractivity contribution < 1.29 is 0 Å². The maximum Gasteiger partial charge on any atom is 0.181 e. The summed E-state index contributed by atoms with van der Waals surface area (Å²) in [6.45, 7) is 2.00. The van der Waals surface area contributed by atoms with E-state index >= 15 is 0 Å². The van der Waals surface area contributed by atoms with Gasteiger partial charge in [-0.1, -0.05) is 30.2 Å². The van der Waals surface area contributed by atoms with Gasteiger partial charge in [-0.2, -0.15) is 5.10 Å². The molecular weight excluding hydrogens is 204 g/mol. The maximum absolute atomic E-state index is 8.34. The lowest BCUT2D eigenvalue weighted by atomic mass is 10.2. The molecule has 1 heterocycles. The molecule has 1 N–H and O–H groups in total. The van der Waals surface area contributed by atoms with Crippen LogP contribution in [0.4, 0.5) is 5.69 Å². The van der Waals surface area contributed by atoms with E-state index in [1.54, 1.807) is 18.2 Å². The monoisotopic (exact) mass is 214 g/mol. The lowest BCUT2D eigenvalue weighted by Crippen LogP contribution is -1.82. The molecule has 0 radical (unpaired) electrons. The van der Waals surface area contributed by atoms with Crippen LogP contribution in [0.15, 0.2) is 29.4 Å². The van der Waals surface area contributed by atoms with Crippen LogP contribution in [0.3, 0.4) is 0 Å². The van der Waals surface area contributed by atoms with E-state index in [1.165, 1.54) is 0 Å². The summed E-state index contributed by atoms with van der Waals surface area (Å²) in [6, 6.07) is 7.17. The van der Waals surface area contributed by atoms with E-state index in [1.807, 2.05) is 13.0 Å². The number of benzene rings is 1. The number of azide groups is 1. The Balaban J connectivity index is 2.39. The molecule has 16 heavy (non-hydrogen) atoms. The van der Waals surface area contributed by atoms with Crippen LogP contribution >= 0.6 is 0 Å². The van der Waals surface area contributed by atoms with Crippen molar-refractivity contribution in [2.75, 3.05) is 0 Å². The Morgan fingerprint density at radius 2 is 2.38 bits per heavy atom. The normalized spacial score (nSPS) is 9.81. The third-order valence-corrected chi connectivity index (χ3v) is 2.13. The van der Waals surface area contributed by atoms with E-state index < -0.39 is 0 Å². The van der Waals surface area contributed by atoms with Crippen molar-refractivity contribution >= 4 is 5.69 Å². The Labute approximate surface area is 92.0 Å². The fourth-order valence-corrected chi connectivity index (χ4v) is 1.34. The zero-order valence-corrected chi connectivity index (χ0v) is 8.75. The van der Waals surface area contributed by atoms with Crippen molar-refractivity contribution in [3.63, 3.8) is 0 Å². The molecule has 0 saturated carbocycles. The van der Waals surface area contributed by atoms with Crippen molar-refractivity contribution in [2.45, 2.75) is 13.3 Å². The van der Waals surface area contributed by atoms with Gasteiger partial charge in [-0.25, -0.2) is 4.98 Å². The summed E-state index contributed by atoms with van der Waals surface area (Å²) in [6.07, 6.45) is 0.809. The summed E-state index contributed by atoms with van der Waals surface area (Å²) in [5.74, 6) is 1.45. The number of rotatable bonds is 3. The summed E-state index contributed by atoms with van der Waals surface area (Å²) in [4.78, 5) is 7.04. The summed E-state index contributed by atoms with van der Waals surface area (Å²) in [5, 5.41) is 10.5. The summed E-state index contributed by atoms with van der Waals surface area (Å²) < 4.78 is 0. The fraction of sp³-hybridized carbons (Fsp3) is 0.200. The van der Waals surface area contributed by atoms with Gasteiger partial charge in [-0.3, -0.25) is 5.10 Å². The number of aromatic amines is 1. The molecule has 1 aromatic heterocycles. The third-order valence-electron chi connectivity index (χ3n) is 2.13. The number of nitrogens with one attached hydrogen (secondary N) is 1. The van der Waals surface area contributed by atoms with Gasteiger partial charge in [-0.05, 0) is 11.6 Å². The van der Waals surface area contributed by atoms with Crippen LogP contribution in [0.2, 0.25) is 0 Å². The Kier molecular flexibility index (Phi) is 2.84. The summed E-state index contributed by atoms with van der Waals surface area (Å²) in [7, 11) is 0. The molecule has 0 saturated heterocycles. The minimum absolute atomic E-state index is 0.558. The number of hydrogen-bond acceptors (Lipinski definition) is 3. The first-order chi connectivity index (χ1) is 7.83. The smallest absolute Gasteiger partial charge is 0.181 e. The molecule has 80 valence electrons. The van der Waals surface area contributed by atoms with Gasteiger partial charge in [-0.15, -0.1) is 0 Å². The molecule has 6 nitrogen and oxygen atoms in total. The van der Waals surface area contributed by atoms with Gasteiger partial charge in [0.2, 0.25) is 0 Å². The minimum atomic E-state index is 0.558. The van der Waals surface area contributed by atoms with Crippen molar-refractivity contribution in [1.29, 1.82) is 0 Å². The molecule has 0 atom stereocenters. The molecule has 0 aliphatic rings. The third kappa shape index (κ3) is 2.02. The fourth-order valence-electron chi connectivity index (χ4n) is 1.34. The quantitative estimate of drug-likeness (QED) is 0.483. The highest BCUT2D eigenvalue weighted by Crippen LogP contribution is 2.21. The molecule has 0 amide bonds. The zero-order chi connectivity index (χ0) is 11.4. The lowest BCUT2D eigenvalue weighted by molar-refractivity contribution is 0.946. The van der Waals surface area contributed by atoms with Crippen LogP contribution in [0.1, 0.15) is 12.7 Å². The SMILES string of the molecule is CCc1nc(-c2cccc(N=[N+]=[N-])c2)n[nH]1. The van der Waals surface area contributed by atoms with Gasteiger partial charge in [0.05, 0.1) is 0 Å². The molecule has 0 unspecified atom stereocenters. The van der Waals surface area contributed by atoms with Gasteiger partial charge < -0.3 is 0 Å². The molecule has 1 aromatic carbocycles. The Morgan fingerprint density at radius 3 is 3.06 bits per heavy atom. The van der Waals surface area contributed by atoms with E-state index in [0.29, 0.717) is 11.5 Å². The number of H-pyrrole nitrogens is 1. The van der Waals surface area contributed by atoms with Crippen molar-refractivity contribution in [3.05, 3.63) is 40.5 Å². The highest BCUT2D eigenvalue weighted by molar-refractivity contribution is 5.60. The molecule has 0 aliphatic heterocycles. The topological polar surface area (TPSA) is 90.3 Å². The average Bonchev–Trinajstić information content (AvgIpc) is 2.78. The van der Waals surface area contributed by atoms with Gasteiger partial charge in [0, 0.05) is 22.6 Å². The van der Waals surface area contributed by atoms with E-state index in [9.17, 15) is 0 Å². The molecule has 2 aromatic rings. The standard InChI is InChI=1S/C10H10N6/c1-2-9-12-10(15-14-9)7-4-3-5-8(6-7)13-16-11/h3-6H,2H2,1H3,(H,12,14,15). The maximum atomic E-state index is 8.34. The first-order valence-corrected chi connectivity index (χ1v) is 4.90. The Bertz CT molecular complexity index is 538. The molecule has 0 spiro atoms. The predicted molar refractivity (Wildman–Crippen MR) is 60.0 cm³/mol. The van der Waals surface area contributed by atoms with Crippen molar-refractivity contribution in [1.82, 2.24) is 15.2 Å². The highest BCUT2D eigenvalue weighted by Gasteiger charge is 2.04. The first-order valence-electron chi connectivity index (χ1n) is 4.90. The van der Waals surface area contributed by atoms with E-state index in [4.69, 9.17) is 5.53 Å². The van der Waals surface area contributed by atoms with Crippen LogP contribution in [0.25, 0.3) is 21.8 Å². The summed E-state index contributed by atoms with van der Waals surface area (Å²) in [5.41, 5.74) is 9.74. The van der Waals surface area contributed by atoms with E-state index in [0.717, 1.165) is 17.8 Å². The van der Waals surface area contributed by atoms with Crippen molar-refractivity contribution in [3.8, 4) is 11.4 Å². The molecule has 6 heteroatoms. The van der Waals surface area contributed by atoms with Crippen LogP contribution in [0, 0.1) is 0 Å². The van der Waals surface area contributed by atoms with Crippen LogP contribution in [-0.4, -0.2) is 15.2 Å². The number of aryl methyl sites for hydroxylation is 1. The molecule has 0 aliphatic carbocycles. The molecule has 0 bridgehead atoms. The average molecular weight is 214 g/mol. The number of nitrogens with zero attached hydrogens (tertiary/aromatic N) is 5. The van der Waals surface area contributed by atoms with Gasteiger partial charge in [0.1, 0.15) is 5.82 Å². The molecular formula is C10H10N6. The first kappa shape index (κ1) is 10.2. The molecule has 0 fully saturated rings. The Morgan fingerprint density at radius 1 is 1.50 bits per heavy atom. The number of hydrogen-bond donors (Lipinski definition) is 1. The predicted octanol–water partition coefficient (Wildman–Crippen LogP) is 2.98. The largest absolute Gasteiger partial charge is 0.263 e. The Hall–Kier alpha value is -2.33. The van der Waals surface area contributed by atoms with Gasteiger partial charge in [0.25, 0.3) is 0 Å². The van der Waals surface area contributed by atoms with Crippen molar-refractivity contribution in [2.24, 2.45) is 5.11 Å². The van der Waals surface area contributed by atoms with E-state index in [-0.39, 0.29) is 0 Å². The second kappa shape index (κ2) is 4.46. The second-order valence-corrected chi connectivity index (χ2v) is 3.20. The summed E-state index contributed by atoms with van der Waals surface area (Å²) >= 11 is 0. The van der Waals surface area contributed by atoms with Gasteiger partial charge in [0.15, 0.2) is 5.82 Å². The molecule has 2 rings (SSSR count). The van der Waals surface area contributed by atoms with Gasteiger partial charge >= 0.3 is 0 Å². The van der Waals surface area contributed by atoms with E-state index in [2.05, 4.69) is 25.2 Å². The zero-order valence-electron chi connectivity index (χ0n) is 8.75. The number of aromatic nitrogens is 3. The lowest BCUT2D eigenvalue weighted by Gasteiger charge is -1.95.